The molecular formula is C10H15NS. The smallest absolute Gasteiger partial charge is 0.0132 e. The molecule has 0 saturated heterocycles. The lowest BCUT2D eigenvalue weighted by Gasteiger charge is -2.08. The second-order valence-electron chi connectivity index (χ2n) is 2.81. The van der Waals surface area contributed by atoms with Gasteiger partial charge in [-0.2, -0.15) is 0 Å². The minimum atomic E-state index is 0.579. The third-order valence-electron chi connectivity index (χ3n) is 1.74. The predicted octanol–water partition coefficient (Wildman–Crippen LogP) is 2.39. The first-order valence-electron chi connectivity index (χ1n) is 4.18. The van der Waals surface area contributed by atoms with Crippen molar-refractivity contribution in [2.24, 2.45) is 0 Å². The van der Waals surface area contributed by atoms with E-state index >= 15 is 0 Å². The van der Waals surface area contributed by atoms with Crippen LogP contribution < -0.4 is 5.32 Å². The van der Waals surface area contributed by atoms with Crippen molar-refractivity contribution in [2.75, 3.05) is 12.8 Å². The highest BCUT2D eigenvalue weighted by molar-refractivity contribution is 7.99. The molecule has 0 bridgehead atoms. The average Bonchev–Trinajstić information content (AvgIpc) is 2.16. The van der Waals surface area contributed by atoms with E-state index in [0.717, 1.165) is 5.75 Å². The highest BCUT2D eigenvalue weighted by Gasteiger charge is 1.98. The fraction of sp³-hybridized carbons (Fsp3) is 0.400. The lowest BCUT2D eigenvalue weighted by molar-refractivity contribution is 0.677. The molecule has 2 heteroatoms. The summed E-state index contributed by atoms with van der Waals surface area (Å²) in [7, 11) is 2.00. The minimum Gasteiger partial charge on any atom is -0.316 e. The van der Waals surface area contributed by atoms with Crippen LogP contribution in [0, 0.1) is 0 Å². The predicted molar refractivity (Wildman–Crippen MR) is 55.7 cm³/mol. The quantitative estimate of drug-likeness (QED) is 0.716. The van der Waals surface area contributed by atoms with Crippen molar-refractivity contribution in [1.29, 1.82) is 0 Å². The van der Waals surface area contributed by atoms with Gasteiger partial charge in [-0.05, 0) is 26.1 Å². The summed E-state index contributed by atoms with van der Waals surface area (Å²) < 4.78 is 0. The maximum atomic E-state index is 3.21. The van der Waals surface area contributed by atoms with Crippen LogP contribution in [0.2, 0.25) is 0 Å². The Kier molecular flexibility index (Phi) is 4.19. The lowest BCUT2D eigenvalue weighted by Crippen LogP contribution is -2.23. The molecule has 0 heterocycles. The maximum absolute atomic E-state index is 3.21. The van der Waals surface area contributed by atoms with Gasteiger partial charge in [0, 0.05) is 16.7 Å². The van der Waals surface area contributed by atoms with Crippen LogP contribution in [0.1, 0.15) is 6.92 Å². The Hall–Kier alpha value is -0.470. The fourth-order valence-corrected chi connectivity index (χ4v) is 1.78. The molecule has 0 amide bonds. The Bertz CT molecular complexity index is 210. The van der Waals surface area contributed by atoms with Gasteiger partial charge in [0.15, 0.2) is 0 Å². The molecule has 0 radical (unpaired) electrons. The molecule has 1 atom stereocenters. The van der Waals surface area contributed by atoms with Gasteiger partial charge in [0.1, 0.15) is 0 Å². The Morgan fingerprint density at radius 1 is 1.33 bits per heavy atom. The van der Waals surface area contributed by atoms with Gasteiger partial charge in [-0.25, -0.2) is 0 Å². The van der Waals surface area contributed by atoms with Gasteiger partial charge in [0.05, 0.1) is 0 Å². The van der Waals surface area contributed by atoms with Crippen molar-refractivity contribution in [3.8, 4) is 0 Å². The molecule has 0 aromatic heterocycles. The van der Waals surface area contributed by atoms with Crippen LogP contribution in [-0.2, 0) is 0 Å². The monoisotopic (exact) mass is 181 g/mol. The minimum absolute atomic E-state index is 0.579. The number of thioether (sulfide) groups is 1. The van der Waals surface area contributed by atoms with Crippen LogP contribution >= 0.6 is 11.8 Å². The van der Waals surface area contributed by atoms with E-state index in [4.69, 9.17) is 0 Å². The van der Waals surface area contributed by atoms with Crippen molar-refractivity contribution in [1.82, 2.24) is 5.32 Å². The lowest BCUT2D eigenvalue weighted by atomic mass is 10.4. The molecule has 1 aromatic rings. The molecule has 0 fully saturated rings. The summed E-state index contributed by atoms with van der Waals surface area (Å²) in [5, 5.41) is 3.21. The highest BCUT2D eigenvalue weighted by Crippen LogP contribution is 2.17. The summed E-state index contributed by atoms with van der Waals surface area (Å²) in [6.07, 6.45) is 0. The van der Waals surface area contributed by atoms with E-state index < -0.39 is 0 Å². The van der Waals surface area contributed by atoms with Gasteiger partial charge in [-0.1, -0.05) is 18.2 Å². The second-order valence-corrected chi connectivity index (χ2v) is 3.91. The van der Waals surface area contributed by atoms with Gasteiger partial charge < -0.3 is 5.32 Å². The Morgan fingerprint density at radius 2 is 2.00 bits per heavy atom. The first-order chi connectivity index (χ1) is 5.83. The van der Waals surface area contributed by atoms with E-state index in [1.165, 1.54) is 4.90 Å². The summed E-state index contributed by atoms with van der Waals surface area (Å²) in [6, 6.07) is 11.1. The topological polar surface area (TPSA) is 12.0 Å². The van der Waals surface area contributed by atoms with E-state index in [0.29, 0.717) is 6.04 Å². The zero-order valence-electron chi connectivity index (χ0n) is 7.58. The Balaban J connectivity index is 2.33. The van der Waals surface area contributed by atoms with Gasteiger partial charge in [0.2, 0.25) is 0 Å². The number of benzene rings is 1. The molecule has 0 aliphatic carbocycles. The normalized spacial score (nSPS) is 12.8. The number of hydrogen-bond acceptors (Lipinski definition) is 2. The Labute approximate surface area is 78.6 Å². The molecule has 1 N–H and O–H groups in total. The molecule has 1 aromatic carbocycles. The zero-order chi connectivity index (χ0) is 8.81. The molecular weight excluding hydrogens is 166 g/mol. The summed E-state index contributed by atoms with van der Waals surface area (Å²) >= 11 is 1.89. The van der Waals surface area contributed by atoms with Crippen molar-refractivity contribution >= 4 is 11.8 Å². The van der Waals surface area contributed by atoms with E-state index in [9.17, 15) is 0 Å². The molecule has 12 heavy (non-hydrogen) atoms. The third-order valence-corrected chi connectivity index (χ3v) is 3.01. The van der Waals surface area contributed by atoms with Crippen LogP contribution in [0.5, 0.6) is 0 Å². The van der Waals surface area contributed by atoms with Gasteiger partial charge in [0.25, 0.3) is 0 Å². The molecule has 0 saturated carbocycles. The molecule has 0 spiro atoms. The van der Waals surface area contributed by atoms with Crippen molar-refractivity contribution in [3.63, 3.8) is 0 Å². The summed E-state index contributed by atoms with van der Waals surface area (Å²) in [6.45, 7) is 2.19. The molecule has 66 valence electrons. The van der Waals surface area contributed by atoms with Crippen LogP contribution in [0.15, 0.2) is 35.2 Å². The van der Waals surface area contributed by atoms with Crippen molar-refractivity contribution in [2.45, 2.75) is 17.9 Å². The van der Waals surface area contributed by atoms with E-state index in [1.54, 1.807) is 0 Å². The summed E-state index contributed by atoms with van der Waals surface area (Å²) in [5.74, 6) is 1.13. The summed E-state index contributed by atoms with van der Waals surface area (Å²) in [4.78, 5) is 1.35. The Morgan fingerprint density at radius 3 is 2.58 bits per heavy atom. The SMILES string of the molecule is CNC(C)CSc1ccccc1. The van der Waals surface area contributed by atoms with Crippen molar-refractivity contribution < 1.29 is 0 Å². The first kappa shape index (κ1) is 9.62. The number of rotatable bonds is 4. The van der Waals surface area contributed by atoms with E-state index in [-0.39, 0.29) is 0 Å². The van der Waals surface area contributed by atoms with E-state index in [2.05, 4.69) is 36.5 Å². The largest absolute Gasteiger partial charge is 0.316 e. The molecule has 1 unspecified atom stereocenters. The van der Waals surface area contributed by atoms with Crippen LogP contribution in [-0.4, -0.2) is 18.8 Å². The molecule has 0 aliphatic rings. The standard InChI is InChI=1S/C10H15NS/c1-9(11-2)8-12-10-6-4-3-5-7-10/h3-7,9,11H,8H2,1-2H3. The van der Waals surface area contributed by atoms with Crippen LogP contribution in [0.3, 0.4) is 0 Å². The fourth-order valence-electron chi connectivity index (χ4n) is 0.821. The molecule has 1 nitrogen and oxygen atoms in total. The number of nitrogens with one attached hydrogen (secondary N) is 1. The molecule has 1 rings (SSSR count). The second kappa shape index (κ2) is 5.22. The van der Waals surface area contributed by atoms with Gasteiger partial charge in [-0.15, -0.1) is 11.8 Å². The van der Waals surface area contributed by atoms with E-state index in [1.807, 2.05) is 24.9 Å². The van der Waals surface area contributed by atoms with Crippen LogP contribution in [0.25, 0.3) is 0 Å². The highest BCUT2D eigenvalue weighted by atomic mass is 32.2. The molecule has 0 aliphatic heterocycles. The first-order valence-corrected chi connectivity index (χ1v) is 5.16. The zero-order valence-corrected chi connectivity index (χ0v) is 8.40. The summed E-state index contributed by atoms with van der Waals surface area (Å²) in [5.41, 5.74) is 0. The van der Waals surface area contributed by atoms with Gasteiger partial charge >= 0.3 is 0 Å². The van der Waals surface area contributed by atoms with Crippen molar-refractivity contribution in [3.05, 3.63) is 30.3 Å². The van der Waals surface area contributed by atoms with Crippen LogP contribution in [0.4, 0.5) is 0 Å². The average molecular weight is 181 g/mol. The number of hydrogen-bond donors (Lipinski definition) is 1. The van der Waals surface area contributed by atoms with Gasteiger partial charge in [-0.3, -0.25) is 0 Å². The third kappa shape index (κ3) is 3.28. The maximum Gasteiger partial charge on any atom is 0.0132 e.